The standard InChI is InChI=1S/C22H25FN4O2/c1-16-6-8-18(9-7-16)27-15-17(14-21(27)28)24-22(29)26-12-10-25(11-13-26)20-5-3-2-4-19(20)23/h2-9,17H,10-15H2,1H3,(H,24,29)/t17-/m1/s1. The van der Waals surface area contributed by atoms with Crippen LogP contribution in [0.4, 0.5) is 20.6 Å². The van der Waals surface area contributed by atoms with Crippen molar-refractivity contribution in [3.05, 3.63) is 59.9 Å². The van der Waals surface area contributed by atoms with Crippen LogP contribution in [0.5, 0.6) is 0 Å². The fourth-order valence-corrected chi connectivity index (χ4v) is 3.90. The van der Waals surface area contributed by atoms with Crippen molar-refractivity contribution in [1.29, 1.82) is 0 Å². The van der Waals surface area contributed by atoms with Crippen molar-refractivity contribution < 1.29 is 14.0 Å². The predicted octanol–water partition coefficient (Wildman–Crippen LogP) is 2.77. The van der Waals surface area contributed by atoms with Gasteiger partial charge in [0.05, 0.1) is 11.7 Å². The number of rotatable bonds is 3. The van der Waals surface area contributed by atoms with Gasteiger partial charge in [-0.3, -0.25) is 4.79 Å². The van der Waals surface area contributed by atoms with E-state index in [0.717, 1.165) is 11.3 Å². The minimum absolute atomic E-state index is 0.0172. The van der Waals surface area contributed by atoms with E-state index in [-0.39, 0.29) is 23.8 Å². The molecule has 2 aliphatic rings. The zero-order chi connectivity index (χ0) is 20.4. The monoisotopic (exact) mass is 396 g/mol. The largest absolute Gasteiger partial charge is 0.366 e. The van der Waals surface area contributed by atoms with Gasteiger partial charge in [0.25, 0.3) is 0 Å². The fourth-order valence-electron chi connectivity index (χ4n) is 3.90. The van der Waals surface area contributed by atoms with Crippen LogP contribution >= 0.6 is 0 Å². The van der Waals surface area contributed by atoms with Gasteiger partial charge >= 0.3 is 6.03 Å². The molecule has 6 nitrogen and oxygen atoms in total. The van der Waals surface area contributed by atoms with Crippen LogP contribution in [0.25, 0.3) is 0 Å². The van der Waals surface area contributed by atoms with Crippen molar-refractivity contribution >= 4 is 23.3 Å². The second kappa shape index (κ2) is 8.11. The number of anilines is 2. The van der Waals surface area contributed by atoms with Crippen LogP contribution in [0.2, 0.25) is 0 Å². The highest BCUT2D eigenvalue weighted by Gasteiger charge is 2.33. The van der Waals surface area contributed by atoms with Crippen LogP contribution in [-0.4, -0.2) is 55.6 Å². The van der Waals surface area contributed by atoms with E-state index in [1.54, 1.807) is 21.9 Å². The Kier molecular flexibility index (Phi) is 5.38. The molecule has 0 radical (unpaired) electrons. The van der Waals surface area contributed by atoms with Crippen LogP contribution in [-0.2, 0) is 4.79 Å². The Balaban J connectivity index is 1.31. The Morgan fingerprint density at radius 1 is 1.03 bits per heavy atom. The Hall–Kier alpha value is -3.09. The molecule has 0 aromatic heterocycles. The van der Waals surface area contributed by atoms with Crippen molar-refractivity contribution in [3.63, 3.8) is 0 Å². The summed E-state index contributed by atoms with van der Waals surface area (Å²) in [4.78, 5) is 30.4. The fraction of sp³-hybridized carbons (Fsp3) is 0.364. The van der Waals surface area contributed by atoms with Crippen molar-refractivity contribution in [2.24, 2.45) is 0 Å². The number of piperazine rings is 1. The van der Waals surface area contributed by atoms with Crippen molar-refractivity contribution in [1.82, 2.24) is 10.2 Å². The van der Waals surface area contributed by atoms with E-state index in [1.165, 1.54) is 6.07 Å². The van der Waals surface area contributed by atoms with E-state index in [9.17, 15) is 14.0 Å². The molecule has 0 spiro atoms. The zero-order valence-electron chi connectivity index (χ0n) is 16.5. The topological polar surface area (TPSA) is 55.9 Å². The SMILES string of the molecule is Cc1ccc(N2C[C@H](NC(=O)N3CCN(c4ccccc4F)CC3)CC2=O)cc1. The summed E-state index contributed by atoms with van der Waals surface area (Å²) in [6.45, 7) is 4.67. The molecule has 29 heavy (non-hydrogen) atoms. The molecular formula is C22H25FN4O2. The van der Waals surface area contributed by atoms with Crippen LogP contribution in [0.1, 0.15) is 12.0 Å². The van der Waals surface area contributed by atoms with Crippen molar-refractivity contribution in [3.8, 4) is 0 Å². The molecule has 1 N–H and O–H groups in total. The number of amides is 3. The summed E-state index contributed by atoms with van der Waals surface area (Å²) in [5.41, 5.74) is 2.57. The lowest BCUT2D eigenvalue weighted by molar-refractivity contribution is -0.117. The van der Waals surface area contributed by atoms with E-state index in [1.807, 2.05) is 42.2 Å². The molecule has 2 fully saturated rings. The maximum Gasteiger partial charge on any atom is 0.317 e. The molecule has 4 rings (SSSR count). The quantitative estimate of drug-likeness (QED) is 0.868. The highest BCUT2D eigenvalue weighted by atomic mass is 19.1. The molecule has 0 bridgehead atoms. The summed E-state index contributed by atoms with van der Waals surface area (Å²) in [5.74, 6) is -0.227. The number of hydrogen-bond donors (Lipinski definition) is 1. The molecule has 152 valence electrons. The molecule has 0 unspecified atom stereocenters. The van der Waals surface area contributed by atoms with Gasteiger partial charge in [0.2, 0.25) is 5.91 Å². The van der Waals surface area contributed by atoms with Crippen LogP contribution in [0.15, 0.2) is 48.5 Å². The second-order valence-electron chi connectivity index (χ2n) is 7.62. The molecule has 1 atom stereocenters. The smallest absolute Gasteiger partial charge is 0.317 e. The second-order valence-corrected chi connectivity index (χ2v) is 7.62. The number of urea groups is 1. The Morgan fingerprint density at radius 3 is 2.41 bits per heavy atom. The van der Waals surface area contributed by atoms with Gasteiger partial charge < -0.3 is 20.0 Å². The van der Waals surface area contributed by atoms with Gasteiger partial charge in [-0.1, -0.05) is 29.8 Å². The molecule has 2 aromatic carbocycles. The lowest BCUT2D eigenvalue weighted by Crippen LogP contribution is -2.54. The van der Waals surface area contributed by atoms with Crippen molar-refractivity contribution in [2.75, 3.05) is 42.5 Å². The first kappa shape index (κ1) is 19.2. The third kappa shape index (κ3) is 4.18. The number of nitrogens with zero attached hydrogens (tertiary/aromatic N) is 3. The first-order valence-electron chi connectivity index (χ1n) is 9.93. The van der Waals surface area contributed by atoms with E-state index in [2.05, 4.69) is 5.32 Å². The van der Waals surface area contributed by atoms with Gasteiger partial charge in [-0.25, -0.2) is 9.18 Å². The zero-order valence-corrected chi connectivity index (χ0v) is 16.5. The average molecular weight is 396 g/mol. The summed E-state index contributed by atoms with van der Waals surface area (Å²) in [5, 5.41) is 2.99. The summed E-state index contributed by atoms with van der Waals surface area (Å²) < 4.78 is 14.0. The number of aryl methyl sites for hydroxylation is 1. The number of hydrogen-bond acceptors (Lipinski definition) is 3. The summed E-state index contributed by atoms with van der Waals surface area (Å²) in [7, 11) is 0. The predicted molar refractivity (Wildman–Crippen MR) is 111 cm³/mol. The average Bonchev–Trinajstić information content (AvgIpc) is 3.09. The van der Waals surface area contributed by atoms with Gasteiger partial charge in [0, 0.05) is 44.8 Å². The molecule has 7 heteroatoms. The number of carbonyl (C=O) groups excluding carboxylic acids is 2. The Labute approximate surface area is 169 Å². The van der Waals surface area contributed by atoms with Crippen LogP contribution in [0.3, 0.4) is 0 Å². The van der Waals surface area contributed by atoms with E-state index in [0.29, 0.717) is 44.8 Å². The first-order valence-corrected chi connectivity index (χ1v) is 9.93. The lowest BCUT2D eigenvalue weighted by Gasteiger charge is -2.36. The number of halogens is 1. The number of carbonyl (C=O) groups is 2. The number of nitrogens with one attached hydrogen (secondary N) is 1. The van der Waals surface area contributed by atoms with Crippen LogP contribution < -0.4 is 15.1 Å². The molecule has 2 aromatic rings. The molecule has 3 amide bonds. The Morgan fingerprint density at radius 2 is 1.72 bits per heavy atom. The summed E-state index contributed by atoms with van der Waals surface area (Å²) in [6, 6.07) is 14.1. The van der Waals surface area contributed by atoms with Gasteiger partial charge in [0.15, 0.2) is 0 Å². The van der Waals surface area contributed by atoms with Gasteiger partial charge in [-0.15, -0.1) is 0 Å². The third-order valence-electron chi connectivity index (χ3n) is 5.56. The van der Waals surface area contributed by atoms with Gasteiger partial charge in [-0.2, -0.15) is 0 Å². The van der Waals surface area contributed by atoms with Gasteiger partial charge in [-0.05, 0) is 31.2 Å². The molecule has 2 heterocycles. The van der Waals surface area contributed by atoms with E-state index in [4.69, 9.17) is 0 Å². The van der Waals surface area contributed by atoms with Crippen molar-refractivity contribution in [2.45, 2.75) is 19.4 Å². The first-order chi connectivity index (χ1) is 14.0. The highest BCUT2D eigenvalue weighted by Crippen LogP contribution is 2.23. The molecule has 2 saturated heterocycles. The van der Waals surface area contributed by atoms with E-state index < -0.39 is 0 Å². The minimum Gasteiger partial charge on any atom is -0.366 e. The third-order valence-corrected chi connectivity index (χ3v) is 5.56. The summed E-state index contributed by atoms with van der Waals surface area (Å²) in [6.07, 6.45) is 0.300. The lowest BCUT2D eigenvalue weighted by atomic mass is 10.2. The highest BCUT2D eigenvalue weighted by molar-refractivity contribution is 5.96. The maximum absolute atomic E-state index is 14.0. The summed E-state index contributed by atoms with van der Waals surface area (Å²) >= 11 is 0. The molecule has 0 saturated carbocycles. The number of para-hydroxylation sites is 1. The normalized spacial score (nSPS) is 19.6. The molecular weight excluding hydrogens is 371 g/mol. The minimum atomic E-state index is -0.244. The maximum atomic E-state index is 14.0. The number of benzene rings is 2. The molecule has 2 aliphatic heterocycles. The van der Waals surface area contributed by atoms with E-state index >= 15 is 0 Å². The van der Waals surface area contributed by atoms with Gasteiger partial charge in [0.1, 0.15) is 5.82 Å². The molecule has 0 aliphatic carbocycles. The van der Waals surface area contributed by atoms with Crippen LogP contribution in [0, 0.1) is 12.7 Å². The Bertz CT molecular complexity index is 894.